The molecule has 0 spiro atoms. The Balaban J connectivity index is 1.66. The summed E-state index contributed by atoms with van der Waals surface area (Å²) in [6.45, 7) is 0.919. The monoisotopic (exact) mass is 253 g/mol. The highest BCUT2D eigenvalue weighted by Crippen LogP contribution is 2.40. The smallest absolute Gasteiger partial charge is 0.0682 e. The molecule has 1 aliphatic carbocycles. The lowest BCUT2D eigenvalue weighted by atomic mass is 10.1. The Morgan fingerprint density at radius 3 is 2.58 bits per heavy atom. The molecule has 2 aromatic rings. The fourth-order valence-corrected chi connectivity index (χ4v) is 2.36. The molecule has 2 N–H and O–H groups in total. The van der Waals surface area contributed by atoms with Crippen molar-refractivity contribution < 1.29 is 5.11 Å². The van der Waals surface area contributed by atoms with Gasteiger partial charge in [0.05, 0.1) is 6.61 Å². The van der Waals surface area contributed by atoms with Crippen LogP contribution < -0.4 is 5.32 Å². The summed E-state index contributed by atoms with van der Waals surface area (Å²) in [6, 6.07) is 16.8. The molecule has 3 rings (SSSR count). The van der Waals surface area contributed by atoms with Gasteiger partial charge in [0.25, 0.3) is 0 Å². The van der Waals surface area contributed by atoms with Crippen molar-refractivity contribution in [2.45, 2.75) is 31.9 Å². The fraction of sp³-hybridized carbons (Fsp3) is 0.294. The van der Waals surface area contributed by atoms with Crippen molar-refractivity contribution in [3.05, 3.63) is 65.2 Å². The van der Waals surface area contributed by atoms with Crippen LogP contribution in [0.5, 0.6) is 0 Å². The van der Waals surface area contributed by atoms with Crippen LogP contribution in [0.25, 0.3) is 0 Å². The average Bonchev–Trinajstić information content (AvgIpc) is 3.30. The number of nitrogens with one attached hydrogen (secondary N) is 1. The second-order valence-corrected chi connectivity index (χ2v) is 5.23. The Morgan fingerprint density at radius 2 is 1.79 bits per heavy atom. The zero-order chi connectivity index (χ0) is 13.1. The number of hydrogen-bond acceptors (Lipinski definition) is 2. The van der Waals surface area contributed by atoms with E-state index in [2.05, 4.69) is 29.6 Å². The molecule has 0 bridgehead atoms. The normalized spacial score (nSPS) is 14.4. The summed E-state index contributed by atoms with van der Waals surface area (Å²) < 4.78 is 0. The van der Waals surface area contributed by atoms with Gasteiger partial charge in [0, 0.05) is 12.2 Å². The predicted octanol–water partition coefficient (Wildman–Crippen LogP) is 3.67. The van der Waals surface area contributed by atoms with Crippen molar-refractivity contribution in [1.29, 1.82) is 0 Å². The second kappa shape index (κ2) is 5.45. The number of aliphatic hydroxyl groups is 1. The molecule has 1 saturated carbocycles. The van der Waals surface area contributed by atoms with Crippen molar-refractivity contribution in [1.82, 2.24) is 0 Å². The first kappa shape index (κ1) is 12.2. The van der Waals surface area contributed by atoms with Gasteiger partial charge in [-0.2, -0.15) is 0 Å². The maximum absolute atomic E-state index is 9.12. The van der Waals surface area contributed by atoms with E-state index in [9.17, 15) is 0 Å². The lowest BCUT2D eigenvalue weighted by molar-refractivity contribution is 0.282. The summed E-state index contributed by atoms with van der Waals surface area (Å²) >= 11 is 0. The van der Waals surface area contributed by atoms with Gasteiger partial charge < -0.3 is 10.4 Å². The summed E-state index contributed by atoms with van der Waals surface area (Å²) in [5.41, 5.74) is 4.79. The molecule has 1 fully saturated rings. The van der Waals surface area contributed by atoms with Crippen LogP contribution in [0.4, 0.5) is 5.69 Å². The molecular weight excluding hydrogens is 234 g/mol. The molecule has 1 aliphatic rings. The van der Waals surface area contributed by atoms with Crippen molar-refractivity contribution in [3.63, 3.8) is 0 Å². The van der Waals surface area contributed by atoms with E-state index < -0.39 is 0 Å². The van der Waals surface area contributed by atoms with Gasteiger partial charge in [-0.1, -0.05) is 36.4 Å². The number of hydrogen-bond donors (Lipinski definition) is 2. The Hall–Kier alpha value is -1.80. The van der Waals surface area contributed by atoms with Crippen LogP contribution in [0, 0.1) is 0 Å². The average molecular weight is 253 g/mol. The third-order valence-electron chi connectivity index (χ3n) is 3.61. The lowest BCUT2D eigenvalue weighted by Crippen LogP contribution is -2.00. The van der Waals surface area contributed by atoms with Crippen LogP contribution in [-0.2, 0) is 13.2 Å². The van der Waals surface area contributed by atoms with Crippen molar-refractivity contribution in [3.8, 4) is 0 Å². The summed E-state index contributed by atoms with van der Waals surface area (Å²) in [6.07, 6.45) is 2.69. The molecular formula is C17H19NO. The zero-order valence-corrected chi connectivity index (χ0v) is 11.0. The maximum Gasteiger partial charge on any atom is 0.0682 e. The third kappa shape index (κ3) is 3.15. The molecule has 0 radical (unpaired) electrons. The van der Waals surface area contributed by atoms with Gasteiger partial charge >= 0.3 is 0 Å². The minimum Gasteiger partial charge on any atom is -0.392 e. The molecule has 0 atom stereocenters. The molecule has 2 aromatic carbocycles. The SMILES string of the molecule is OCc1cccc(NCc2cccc(C3CC3)c2)c1. The largest absolute Gasteiger partial charge is 0.392 e. The highest BCUT2D eigenvalue weighted by molar-refractivity contribution is 5.46. The minimum absolute atomic E-state index is 0.0900. The summed E-state index contributed by atoms with van der Waals surface area (Å²) in [5, 5.41) is 12.5. The molecule has 0 aliphatic heterocycles. The van der Waals surface area contributed by atoms with E-state index in [1.165, 1.54) is 24.0 Å². The van der Waals surface area contributed by atoms with Crippen molar-refractivity contribution in [2.24, 2.45) is 0 Å². The van der Waals surface area contributed by atoms with Crippen LogP contribution in [0.15, 0.2) is 48.5 Å². The number of rotatable bonds is 5. The fourth-order valence-electron chi connectivity index (χ4n) is 2.36. The highest BCUT2D eigenvalue weighted by atomic mass is 16.3. The Morgan fingerprint density at radius 1 is 1.00 bits per heavy atom. The van der Waals surface area contributed by atoms with E-state index in [1.807, 2.05) is 24.3 Å². The molecule has 98 valence electrons. The molecule has 19 heavy (non-hydrogen) atoms. The molecule has 0 saturated heterocycles. The number of anilines is 1. The first-order chi connectivity index (χ1) is 9.35. The Labute approximate surface area is 114 Å². The summed E-state index contributed by atoms with van der Waals surface area (Å²) in [5.74, 6) is 0.803. The molecule has 0 unspecified atom stereocenters. The first-order valence-corrected chi connectivity index (χ1v) is 6.87. The molecule has 0 amide bonds. The van der Waals surface area contributed by atoms with E-state index in [0.717, 1.165) is 23.7 Å². The van der Waals surface area contributed by atoms with Crippen LogP contribution in [0.2, 0.25) is 0 Å². The van der Waals surface area contributed by atoms with E-state index in [1.54, 1.807) is 0 Å². The molecule has 2 heteroatoms. The minimum atomic E-state index is 0.0900. The molecule has 0 heterocycles. The van der Waals surface area contributed by atoms with Crippen LogP contribution in [0.3, 0.4) is 0 Å². The third-order valence-corrected chi connectivity index (χ3v) is 3.61. The first-order valence-electron chi connectivity index (χ1n) is 6.87. The quantitative estimate of drug-likeness (QED) is 0.852. The standard InChI is InChI=1S/C17H19NO/c19-12-14-4-2-6-17(10-14)18-11-13-3-1-5-16(9-13)15-7-8-15/h1-6,9-10,15,18-19H,7-8,11-12H2. The second-order valence-electron chi connectivity index (χ2n) is 5.23. The topological polar surface area (TPSA) is 32.3 Å². The van der Waals surface area contributed by atoms with E-state index in [-0.39, 0.29) is 6.61 Å². The van der Waals surface area contributed by atoms with Gasteiger partial charge in [-0.05, 0) is 47.6 Å². The van der Waals surface area contributed by atoms with Gasteiger partial charge in [-0.15, -0.1) is 0 Å². The summed E-state index contributed by atoms with van der Waals surface area (Å²) in [7, 11) is 0. The van der Waals surface area contributed by atoms with Gasteiger partial charge in [0.1, 0.15) is 0 Å². The van der Waals surface area contributed by atoms with E-state index in [0.29, 0.717) is 0 Å². The van der Waals surface area contributed by atoms with E-state index >= 15 is 0 Å². The predicted molar refractivity (Wildman–Crippen MR) is 78.1 cm³/mol. The maximum atomic E-state index is 9.12. The Bertz CT molecular complexity index is 561. The van der Waals surface area contributed by atoms with Crippen molar-refractivity contribution >= 4 is 5.69 Å². The van der Waals surface area contributed by atoms with Crippen LogP contribution in [0.1, 0.15) is 35.4 Å². The number of aliphatic hydroxyl groups excluding tert-OH is 1. The zero-order valence-electron chi connectivity index (χ0n) is 11.0. The molecule has 2 nitrogen and oxygen atoms in total. The van der Waals surface area contributed by atoms with Crippen LogP contribution >= 0.6 is 0 Å². The van der Waals surface area contributed by atoms with Crippen LogP contribution in [-0.4, -0.2) is 5.11 Å². The summed E-state index contributed by atoms with van der Waals surface area (Å²) in [4.78, 5) is 0. The van der Waals surface area contributed by atoms with Gasteiger partial charge in [-0.25, -0.2) is 0 Å². The molecule has 0 aromatic heterocycles. The Kier molecular flexibility index (Phi) is 3.51. The van der Waals surface area contributed by atoms with Gasteiger partial charge in [0.2, 0.25) is 0 Å². The highest BCUT2D eigenvalue weighted by Gasteiger charge is 2.23. The van der Waals surface area contributed by atoms with Gasteiger partial charge in [-0.3, -0.25) is 0 Å². The lowest BCUT2D eigenvalue weighted by Gasteiger charge is -2.09. The van der Waals surface area contributed by atoms with Gasteiger partial charge in [0.15, 0.2) is 0 Å². The van der Waals surface area contributed by atoms with E-state index in [4.69, 9.17) is 5.11 Å². The number of benzene rings is 2. The van der Waals surface area contributed by atoms with Crippen molar-refractivity contribution in [2.75, 3.05) is 5.32 Å².